The lowest BCUT2D eigenvalue weighted by molar-refractivity contribution is 0.102. The molecule has 1 aromatic carbocycles. The van der Waals surface area contributed by atoms with Gasteiger partial charge in [0.1, 0.15) is 0 Å². The van der Waals surface area contributed by atoms with Crippen LogP contribution in [-0.2, 0) is 0 Å². The normalized spacial score (nSPS) is 10.2. The summed E-state index contributed by atoms with van der Waals surface area (Å²) < 4.78 is 1.12. The number of amides is 1. The van der Waals surface area contributed by atoms with E-state index in [-0.39, 0.29) is 5.91 Å². The topological polar surface area (TPSA) is 29.1 Å². The molecule has 1 N–H and O–H groups in total. The van der Waals surface area contributed by atoms with E-state index in [1.807, 2.05) is 42.0 Å². The minimum absolute atomic E-state index is 0.0533. The maximum absolute atomic E-state index is 11.9. The number of carbonyl (C=O) groups is 1. The highest BCUT2D eigenvalue weighted by molar-refractivity contribution is 14.1. The Morgan fingerprint density at radius 3 is 2.88 bits per heavy atom. The molecule has 1 amide bonds. The zero-order chi connectivity index (χ0) is 12.3. The average molecular weight is 375 g/mol. The van der Waals surface area contributed by atoms with Crippen LogP contribution in [0.3, 0.4) is 0 Å². The molecule has 5 heteroatoms. The van der Waals surface area contributed by atoms with Gasteiger partial charge in [-0.05, 0) is 53.1 Å². The van der Waals surface area contributed by atoms with Gasteiger partial charge in [-0.25, -0.2) is 0 Å². The van der Waals surface area contributed by atoms with E-state index >= 15 is 0 Å². The van der Waals surface area contributed by atoms with E-state index in [0.29, 0.717) is 5.56 Å². The van der Waals surface area contributed by atoms with E-state index in [9.17, 15) is 4.79 Å². The molecule has 0 saturated carbocycles. The number of hydrogen-bond donors (Lipinski definition) is 1. The quantitative estimate of drug-likeness (QED) is 0.639. The summed E-state index contributed by atoms with van der Waals surface area (Å²) in [6.07, 6.45) is 2.02. The van der Waals surface area contributed by atoms with Gasteiger partial charge in [0.05, 0.1) is 8.45 Å². The lowest BCUT2D eigenvalue weighted by atomic mass is 10.3. The van der Waals surface area contributed by atoms with Gasteiger partial charge in [0, 0.05) is 16.0 Å². The molecule has 0 fully saturated rings. The third-order valence-corrected chi connectivity index (χ3v) is 4.67. The molecule has 0 aliphatic rings. The largest absolute Gasteiger partial charge is 0.322 e. The molecule has 0 spiro atoms. The minimum Gasteiger partial charge on any atom is -0.322 e. The molecule has 0 aliphatic carbocycles. The predicted octanol–water partition coefficient (Wildman–Crippen LogP) is 4.33. The van der Waals surface area contributed by atoms with Crippen LogP contribution < -0.4 is 5.32 Å². The standard InChI is InChI=1S/C12H10INOS2/c1-16-10-4-2-3-9(6-10)14-12(15)8-5-11(13)17-7-8/h2-7H,1H3,(H,14,15). The third kappa shape index (κ3) is 3.46. The lowest BCUT2D eigenvalue weighted by Gasteiger charge is -2.05. The molecule has 0 saturated heterocycles. The van der Waals surface area contributed by atoms with Gasteiger partial charge in [-0.15, -0.1) is 23.1 Å². The SMILES string of the molecule is CSc1cccc(NC(=O)c2csc(I)c2)c1. The minimum atomic E-state index is -0.0533. The van der Waals surface area contributed by atoms with Crippen LogP contribution in [0.1, 0.15) is 10.4 Å². The van der Waals surface area contributed by atoms with E-state index in [4.69, 9.17) is 0 Å². The average Bonchev–Trinajstić information content (AvgIpc) is 2.76. The van der Waals surface area contributed by atoms with Gasteiger partial charge >= 0.3 is 0 Å². The number of anilines is 1. The number of hydrogen-bond acceptors (Lipinski definition) is 3. The van der Waals surface area contributed by atoms with Crippen LogP contribution in [-0.4, -0.2) is 12.2 Å². The van der Waals surface area contributed by atoms with Crippen LogP contribution in [0.5, 0.6) is 0 Å². The number of thiophene rings is 1. The Kier molecular flexibility index (Phi) is 4.47. The highest BCUT2D eigenvalue weighted by Crippen LogP contribution is 2.21. The molecule has 0 atom stereocenters. The highest BCUT2D eigenvalue weighted by Gasteiger charge is 2.08. The molecule has 2 aromatic rings. The van der Waals surface area contributed by atoms with Crippen LogP contribution in [0.2, 0.25) is 0 Å². The molecule has 0 radical (unpaired) electrons. The molecular weight excluding hydrogens is 365 g/mol. The van der Waals surface area contributed by atoms with E-state index in [1.165, 1.54) is 0 Å². The first kappa shape index (κ1) is 12.9. The van der Waals surface area contributed by atoms with Gasteiger partial charge in [-0.3, -0.25) is 4.79 Å². The first-order chi connectivity index (χ1) is 8.19. The molecule has 0 bridgehead atoms. The predicted molar refractivity (Wildman–Crippen MR) is 83.2 cm³/mol. The molecule has 0 unspecified atom stereocenters. The summed E-state index contributed by atoms with van der Waals surface area (Å²) >= 11 is 5.44. The molecule has 1 aromatic heterocycles. The number of carbonyl (C=O) groups excluding carboxylic acids is 1. The molecule has 17 heavy (non-hydrogen) atoms. The first-order valence-electron chi connectivity index (χ1n) is 4.88. The first-order valence-corrected chi connectivity index (χ1v) is 8.07. The van der Waals surface area contributed by atoms with Gasteiger partial charge < -0.3 is 5.32 Å². The number of halogens is 1. The number of rotatable bonds is 3. The number of benzene rings is 1. The summed E-state index contributed by atoms with van der Waals surface area (Å²) in [5.41, 5.74) is 1.55. The smallest absolute Gasteiger partial charge is 0.256 e. The van der Waals surface area contributed by atoms with Gasteiger partial charge in [0.15, 0.2) is 0 Å². The maximum Gasteiger partial charge on any atom is 0.256 e. The van der Waals surface area contributed by atoms with E-state index < -0.39 is 0 Å². The summed E-state index contributed by atoms with van der Waals surface area (Å²) in [7, 11) is 0. The zero-order valence-corrected chi connectivity index (χ0v) is 12.9. The third-order valence-electron chi connectivity index (χ3n) is 2.16. The molecular formula is C12H10INOS2. The lowest BCUT2D eigenvalue weighted by Crippen LogP contribution is -2.10. The Balaban J connectivity index is 2.12. The Morgan fingerprint density at radius 1 is 1.41 bits per heavy atom. The molecule has 1 heterocycles. The van der Waals surface area contributed by atoms with Crippen molar-refractivity contribution in [3.8, 4) is 0 Å². The summed E-state index contributed by atoms with van der Waals surface area (Å²) in [5.74, 6) is -0.0533. The van der Waals surface area contributed by atoms with Gasteiger partial charge in [0.2, 0.25) is 0 Å². The molecule has 88 valence electrons. The Hall–Kier alpha value is -0.530. The second kappa shape index (κ2) is 5.88. The van der Waals surface area contributed by atoms with Gasteiger partial charge in [0.25, 0.3) is 5.91 Å². The van der Waals surface area contributed by atoms with Crippen LogP contribution >= 0.6 is 45.7 Å². The van der Waals surface area contributed by atoms with E-state index in [0.717, 1.165) is 13.5 Å². The number of nitrogens with one attached hydrogen (secondary N) is 1. The summed E-state index contributed by atoms with van der Waals surface area (Å²) in [5, 5.41) is 4.77. The second-order valence-corrected chi connectivity index (χ2v) is 7.01. The van der Waals surface area contributed by atoms with Crippen molar-refractivity contribution in [2.45, 2.75) is 4.90 Å². The Labute approximate surface area is 122 Å². The zero-order valence-electron chi connectivity index (χ0n) is 9.07. The van der Waals surface area contributed by atoms with Crippen molar-refractivity contribution < 1.29 is 4.79 Å². The summed E-state index contributed by atoms with van der Waals surface area (Å²) in [6, 6.07) is 9.72. The van der Waals surface area contributed by atoms with Gasteiger partial charge in [-0.1, -0.05) is 6.07 Å². The van der Waals surface area contributed by atoms with Crippen molar-refractivity contribution in [3.63, 3.8) is 0 Å². The van der Waals surface area contributed by atoms with Crippen molar-refractivity contribution in [1.82, 2.24) is 0 Å². The highest BCUT2D eigenvalue weighted by atomic mass is 127. The van der Waals surface area contributed by atoms with Crippen LogP contribution in [0.4, 0.5) is 5.69 Å². The van der Waals surface area contributed by atoms with Gasteiger partial charge in [-0.2, -0.15) is 0 Å². The van der Waals surface area contributed by atoms with Crippen molar-refractivity contribution in [3.05, 3.63) is 44.2 Å². The van der Waals surface area contributed by atoms with Crippen LogP contribution in [0.15, 0.2) is 40.6 Å². The fourth-order valence-electron chi connectivity index (χ4n) is 1.33. The van der Waals surface area contributed by atoms with Crippen molar-refractivity contribution >= 4 is 57.3 Å². The van der Waals surface area contributed by atoms with Crippen molar-refractivity contribution in [1.29, 1.82) is 0 Å². The fraction of sp³-hybridized carbons (Fsp3) is 0.0833. The molecule has 0 aliphatic heterocycles. The van der Waals surface area contributed by atoms with Crippen LogP contribution in [0, 0.1) is 2.88 Å². The monoisotopic (exact) mass is 375 g/mol. The molecule has 2 nitrogen and oxygen atoms in total. The number of thioether (sulfide) groups is 1. The molecule has 2 rings (SSSR count). The summed E-state index contributed by atoms with van der Waals surface area (Å²) in [6.45, 7) is 0. The summed E-state index contributed by atoms with van der Waals surface area (Å²) in [4.78, 5) is 13.1. The van der Waals surface area contributed by atoms with Crippen molar-refractivity contribution in [2.75, 3.05) is 11.6 Å². The maximum atomic E-state index is 11.9. The second-order valence-electron chi connectivity index (χ2n) is 3.33. The van der Waals surface area contributed by atoms with E-state index in [2.05, 4.69) is 27.9 Å². The van der Waals surface area contributed by atoms with E-state index in [1.54, 1.807) is 23.1 Å². The van der Waals surface area contributed by atoms with Crippen molar-refractivity contribution in [2.24, 2.45) is 0 Å². The Bertz CT molecular complexity index is 539. The Morgan fingerprint density at radius 2 is 2.24 bits per heavy atom. The fourth-order valence-corrected chi connectivity index (χ4v) is 3.12. The van der Waals surface area contributed by atoms with Crippen LogP contribution in [0.25, 0.3) is 0 Å².